The summed E-state index contributed by atoms with van der Waals surface area (Å²) < 4.78 is 11.5. The Bertz CT molecular complexity index is 790. The van der Waals surface area contributed by atoms with Gasteiger partial charge in [0.2, 0.25) is 0 Å². The van der Waals surface area contributed by atoms with Crippen LogP contribution in [0, 0.1) is 0 Å². The van der Waals surface area contributed by atoms with Crippen LogP contribution in [-0.2, 0) is 4.74 Å². The van der Waals surface area contributed by atoms with E-state index in [1.807, 2.05) is 47.8 Å². The van der Waals surface area contributed by atoms with Gasteiger partial charge in [-0.2, -0.15) is 0 Å². The molecule has 0 saturated heterocycles. The minimum atomic E-state index is -0.359. The van der Waals surface area contributed by atoms with Crippen LogP contribution >= 0.6 is 11.3 Å². The van der Waals surface area contributed by atoms with E-state index in [-0.39, 0.29) is 5.97 Å². The highest BCUT2D eigenvalue weighted by atomic mass is 32.1. The first kappa shape index (κ1) is 13.6. The molecule has 3 aromatic rings. The first-order valence-electron chi connectivity index (χ1n) is 6.48. The van der Waals surface area contributed by atoms with E-state index in [1.54, 1.807) is 18.4 Å². The minimum absolute atomic E-state index is 0.359. The number of ether oxygens (including phenoxy) is 2. The van der Waals surface area contributed by atoms with Crippen LogP contribution in [0.1, 0.15) is 10.4 Å². The van der Waals surface area contributed by atoms with E-state index in [4.69, 9.17) is 9.47 Å². The van der Waals surface area contributed by atoms with Gasteiger partial charge >= 0.3 is 5.97 Å². The predicted molar refractivity (Wildman–Crippen MR) is 85.2 cm³/mol. The van der Waals surface area contributed by atoms with Crippen molar-refractivity contribution in [1.82, 2.24) is 0 Å². The molecule has 0 spiro atoms. The Hall–Kier alpha value is -2.33. The van der Waals surface area contributed by atoms with Gasteiger partial charge in [0.25, 0.3) is 0 Å². The zero-order chi connectivity index (χ0) is 14.8. The lowest BCUT2D eigenvalue weighted by molar-refractivity contribution is 0.0601. The van der Waals surface area contributed by atoms with E-state index in [2.05, 4.69) is 0 Å². The number of thiophene rings is 1. The van der Waals surface area contributed by atoms with Crippen molar-refractivity contribution in [2.75, 3.05) is 14.2 Å². The van der Waals surface area contributed by atoms with Gasteiger partial charge in [0.05, 0.1) is 19.8 Å². The third kappa shape index (κ3) is 2.28. The van der Waals surface area contributed by atoms with Crippen molar-refractivity contribution in [2.24, 2.45) is 0 Å². The Labute approximate surface area is 126 Å². The summed E-state index contributed by atoms with van der Waals surface area (Å²) in [5, 5.41) is 3.00. The van der Waals surface area contributed by atoms with Gasteiger partial charge < -0.3 is 9.47 Å². The molecule has 0 fully saturated rings. The number of fused-ring (bicyclic) bond motifs is 1. The molecule has 0 aliphatic heterocycles. The first-order chi connectivity index (χ1) is 10.3. The summed E-state index contributed by atoms with van der Waals surface area (Å²) in [6.07, 6.45) is 0. The van der Waals surface area contributed by atoms with Crippen molar-refractivity contribution in [3.8, 4) is 16.9 Å². The van der Waals surface area contributed by atoms with Gasteiger partial charge in [0.1, 0.15) is 5.75 Å². The van der Waals surface area contributed by atoms with Crippen LogP contribution in [0.3, 0.4) is 0 Å². The molecule has 1 aromatic heterocycles. The maximum atomic E-state index is 12.2. The molecule has 2 aromatic carbocycles. The molecule has 4 heteroatoms. The second-order valence-corrected chi connectivity index (χ2v) is 5.47. The molecular formula is C17H14O3S. The fourth-order valence-corrected chi connectivity index (χ4v) is 3.28. The molecule has 0 aliphatic rings. The third-order valence-corrected chi connectivity index (χ3v) is 4.25. The lowest BCUT2D eigenvalue weighted by Crippen LogP contribution is -2.05. The fraction of sp³-hybridized carbons (Fsp3) is 0.118. The number of hydrogen-bond donors (Lipinski definition) is 0. The summed E-state index contributed by atoms with van der Waals surface area (Å²) in [7, 11) is 3.02. The van der Waals surface area contributed by atoms with Crippen LogP contribution in [0.15, 0.2) is 47.8 Å². The van der Waals surface area contributed by atoms with Crippen molar-refractivity contribution >= 4 is 27.4 Å². The van der Waals surface area contributed by atoms with Gasteiger partial charge in [-0.1, -0.05) is 30.3 Å². The van der Waals surface area contributed by atoms with Crippen molar-refractivity contribution < 1.29 is 14.3 Å². The highest BCUT2D eigenvalue weighted by Gasteiger charge is 2.21. The Morgan fingerprint density at radius 3 is 2.52 bits per heavy atom. The molecule has 21 heavy (non-hydrogen) atoms. The molecule has 0 aliphatic carbocycles. The third-order valence-electron chi connectivity index (χ3n) is 3.38. The zero-order valence-corrected chi connectivity index (χ0v) is 12.6. The van der Waals surface area contributed by atoms with Gasteiger partial charge in [-0.3, -0.25) is 0 Å². The standard InChI is InChI=1S/C17H14O3S/c1-19-16-12-8-9-21-14(12)10-13(17(18)20-2)15(16)11-6-4-3-5-7-11/h3-10H,1-2H3. The van der Waals surface area contributed by atoms with E-state index < -0.39 is 0 Å². The maximum Gasteiger partial charge on any atom is 0.338 e. The Kier molecular flexibility index (Phi) is 3.62. The summed E-state index contributed by atoms with van der Waals surface area (Å²) in [5.74, 6) is 0.350. The van der Waals surface area contributed by atoms with E-state index in [1.165, 1.54) is 7.11 Å². The zero-order valence-electron chi connectivity index (χ0n) is 11.8. The van der Waals surface area contributed by atoms with E-state index in [9.17, 15) is 4.79 Å². The Balaban J connectivity index is 2.40. The van der Waals surface area contributed by atoms with Crippen molar-refractivity contribution in [3.05, 3.63) is 53.4 Å². The molecule has 0 amide bonds. The topological polar surface area (TPSA) is 35.5 Å². The molecule has 0 bridgehead atoms. The predicted octanol–water partition coefficient (Wildman–Crippen LogP) is 4.36. The molecule has 0 atom stereocenters. The summed E-state index contributed by atoms with van der Waals surface area (Å²) in [4.78, 5) is 12.2. The number of rotatable bonds is 3. The molecule has 0 radical (unpaired) electrons. The first-order valence-corrected chi connectivity index (χ1v) is 7.36. The fourth-order valence-electron chi connectivity index (χ4n) is 2.45. The number of carbonyl (C=O) groups is 1. The SMILES string of the molecule is COC(=O)c1cc2sccc2c(OC)c1-c1ccccc1. The lowest BCUT2D eigenvalue weighted by atomic mass is 9.96. The van der Waals surface area contributed by atoms with E-state index in [0.29, 0.717) is 11.3 Å². The summed E-state index contributed by atoms with van der Waals surface area (Å²) in [5.41, 5.74) is 2.23. The maximum absolute atomic E-state index is 12.2. The van der Waals surface area contributed by atoms with Crippen LogP contribution in [-0.4, -0.2) is 20.2 Å². The van der Waals surface area contributed by atoms with Crippen LogP contribution in [0.2, 0.25) is 0 Å². The van der Waals surface area contributed by atoms with Crippen LogP contribution < -0.4 is 4.74 Å². The van der Waals surface area contributed by atoms with Crippen LogP contribution in [0.4, 0.5) is 0 Å². The molecule has 0 N–H and O–H groups in total. The monoisotopic (exact) mass is 298 g/mol. The molecule has 106 valence electrons. The summed E-state index contributed by atoms with van der Waals surface area (Å²) in [6, 6.07) is 13.6. The van der Waals surface area contributed by atoms with Gasteiger partial charge in [0, 0.05) is 15.6 Å². The molecular weight excluding hydrogens is 284 g/mol. The quantitative estimate of drug-likeness (QED) is 0.674. The average Bonchev–Trinajstić information content (AvgIpc) is 3.01. The number of esters is 1. The Morgan fingerprint density at radius 1 is 1.10 bits per heavy atom. The smallest absolute Gasteiger partial charge is 0.338 e. The summed E-state index contributed by atoms with van der Waals surface area (Å²) in [6.45, 7) is 0. The van der Waals surface area contributed by atoms with Gasteiger partial charge in [-0.15, -0.1) is 11.3 Å². The molecule has 0 saturated carbocycles. The number of hydrogen-bond acceptors (Lipinski definition) is 4. The molecule has 3 nitrogen and oxygen atoms in total. The minimum Gasteiger partial charge on any atom is -0.495 e. The largest absolute Gasteiger partial charge is 0.495 e. The highest BCUT2D eigenvalue weighted by molar-refractivity contribution is 7.17. The molecule has 1 heterocycles. The second kappa shape index (κ2) is 5.58. The summed E-state index contributed by atoms with van der Waals surface area (Å²) >= 11 is 1.58. The number of carbonyl (C=O) groups excluding carboxylic acids is 1. The lowest BCUT2D eigenvalue weighted by Gasteiger charge is -2.14. The van der Waals surface area contributed by atoms with Gasteiger partial charge in [-0.05, 0) is 23.1 Å². The van der Waals surface area contributed by atoms with Gasteiger partial charge in [0.15, 0.2) is 0 Å². The number of benzene rings is 2. The van der Waals surface area contributed by atoms with E-state index in [0.717, 1.165) is 21.2 Å². The van der Waals surface area contributed by atoms with E-state index >= 15 is 0 Å². The number of methoxy groups -OCH3 is 2. The Morgan fingerprint density at radius 2 is 1.86 bits per heavy atom. The van der Waals surface area contributed by atoms with Crippen molar-refractivity contribution in [2.45, 2.75) is 0 Å². The van der Waals surface area contributed by atoms with Crippen LogP contribution in [0.25, 0.3) is 21.2 Å². The highest BCUT2D eigenvalue weighted by Crippen LogP contribution is 2.41. The molecule has 0 unspecified atom stereocenters. The second-order valence-electron chi connectivity index (χ2n) is 4.52. The van der Waals surface area contributed by atoms with Crippen molar-refractivity contribution in [3.63, 3.8) is 0 Å². The van der Waals surface area contributed by atoms with Crippen molar-refractivity contribution in [1.29, 1.82) is 0 Å². The molecule has 3 rings (SSSR count). The normalized spacial score (nSPS) is 10.6. The average molecular weight is 298 g/mol. The van der Waals surface area contributed by atoms with Crippen LogP contribution in [0.5, 0.6) is 5.75 Å². The van der Waals surface area contributed by atoms with Gasteiger partial charge in [-0.25, -0.2) is 4.79 Å².